The van der Waals surface area contributed by atoms with Crippen molar-refractivity contribution in [2.45, 2.75) is 84.4 Å². The van der Waals surface area contributed by atoms with Crippen molar-refractivity contribution in [2.75, 3.05) is 7.11 Å². The van der Waals surface area contributed by atoms with Crippen LogP contribution >= 0.6 is 0 Å². The van der Waals surface area contributed by atoms with E-state index in [9.17, 15) is 4.79 Å². The quantitative estimate of drug-likeness (QED) is 0.161. The molecule has 0 aliphatic heterocycles. The Hall–Kier alpha value is -1.03. The summed E-state index contributed by atoms with van der Waals surface area (Å²) in [6.45, 7) is 15.8. The first-order valence-corrected chi connectivity index (χ1v) is 10.9. The molecule has 0 saturated carbocycles. The van der Waals surface area contributed by atoms with E-state index in [2.05, 4.69) is 58.4 Å². The fraction of sp³-hybridized carbons (Fsp3) is 0.737. The Kier molecular flexibility index (Phi) is 10.2. The molecular weight excluding hydrogens is 304 g/mol. The van der Waals surface area contributed by atoms with Gasteiger partial charge in [-0.2, -0.15) is 0 Å². The number of hydrogen-bond donors (Lipinski definition) is 0. The molecule has 0 radical (unpaired) electrons. The molecule has 0 aliphatic rings. The average Bonchev–Trinajstić information content (AvgIpc) is 2.48. The van der Waals surface area contributed by atoms with Crippen LogP contribution in [0.25, 0.3) is 0 Å². The van der Waals surface area contributed by atoms with Crippen molar-refractivity contribution >= 4 is 14.3 Å². The predicted molar refractivity (Wildman–Crippen MR) is 101 cm³/mol. The Morgan fingerprint density at radius 2 is 1.57 bits per heavy atom. The molecule has 0 heterocycles. The van der Waals surface area contributed by atoms with Crippen molar-refractivity contribution in [3.8, 4) is 0 Å². The summed E-state index contributed by atoms with van der Waals surface area (Å²) in [6, 6.07) is 0. The first-order chi connectivity index (χ1) is 10.7. The van der Waals surface area contributed by atoms with Gasteiger partial charge in [-0.05, 0) is 48.5 Å². The van der Waals surface area contributed by atoms with Gasteiger partial charge in [-0.1, -0.05) is 47.6 Å². The predicted octanol–water partition coefficient (Wildman–Crippen LogP) is 5.98. The molecule has 0 aromatic carbocycles. The largest absolute Gasteiger partial charge is 0.543 e. The zero-order valence-electron chi connectivity index (χ0n) is 16.3. The average molecular weight is 341 g/mol. The van der Waals surface area contributed by atoms with Gasteiger partial charge < -0.3 is 9.16 Å². The van der Waals surface area contributed by atoms with E-state index in [-0.39, 0.29) is 5.97 Å². The van der Waals surface area contributed by atoms with Crippen molar-refractivity contribution in [1.82, 2.24) is 0 Å². The van der Waals surface area contributed by atoms with E-state index >= 15 is 0 Å². The fourth-order valence-corrected chi connectivity index (χ4v) is 8.71. The molecule has 0 fully saturated rings. The van der Waals surface area contributed by atoms with Crippen molar-refractivity contribution in [2.24, 2.45) is 0 Å². The molecule has 0 saturated heterocycles. The van der Waals surface area contributed by atoms with Gasteiger partial charge in [-0.15, -0.1) is 0 Å². The SMILES string of the molecule is C/C=C(/C=C/CCCC(=O)OC)O[Si](C(C)C)(C(C)C)C(C)C. The molecule has 4 heteroatoms. The van der Waals surface area contributed by atoms with Crippen LogP contribution in [0.3, 0.4) is 0 Å². The van der Waals surface area contributed by atoms with Crippen LogP contribution in [0.15, 0.2) is 24.0 Å². The maximum absolute atomic E-state index is 11.1. The monoisotopic (exact) mass is 340 g/mol. The number of carbonyl (C=O) groups excluding carboxylic acids is 1. The van der Waals surface area contributed by atoms with Gasteiger partial charge in [-0.3, -0.25) is 4.79 Å². The zero-order chi connectivity index (χ0) is 18.0. The van der Waals surface area contributed by atoms with Crippen LogP contribution in [0, 0.1) is 0 Å². The number of rotatable bonds is 10. The Balaban J connectivity index is 4.87. The van der Waals surface area contributed by atoms with Crippen LogP contribution in [-0.2, 0) is 14.0 Å². The molecule has 23 heavy (non-hydrogen) atoms. The van der Waals surface area contributed by atoms with E-state index in [1.54, 1.807) is 0 Å². The number of carbonyl (C=O) groups is 1. The number of ether oxygens (including phenoxy) is 1. The number of allylic oxidation sites excluding steroid dienone is 3. The Labute approximate surface area is 144 Å². The summed E-state index contributed by atoms with van der Waals surface area (Å²) in [7, 11) is -0.469. The summed E-state index contributed by atoms with van der Waals surface area (Å²) >= 11 is 0. The van der Waals surface area contributed by atoms with E-state index in [0.29, 0.717) is 23.0 Å². The summed E-state index contributed by atoms with van der Waals surface area (Å²) in [5, 5.41) is 0. The number of methoxy groups -OCH3 is 1. The van der Waals surface area contributed by atoms with Crippen LogP contribution in [0.5, 0.6) is 0 Å². The number of hydrogen-bond acceptors (Lipinski definition) is 3. The van der Waals surface area contributed by atoms with Crippen molar-refractivity contribution < 1.29 is 14.0 Å². The van der Waals surface area contributed by atoms with Gasteiger partial charge in [0.2, 0.25) is 0 Å². The molecule has 0 aromatic rings. The number of unbranched alkanes of at least 4 members (excludes halogenated alkanes) is 1. The molecule has 0 bridgehead atoms. The second-order valence-electron chi connectivity index (χ2n) is 6.98. The van der Waals surface area contributed by atoms with E-state index in [1.165, 1.54) is 7.11 Å². The van der Waals surface area contributed by atoms with Crippen LogP contribution < -0.4 is 0 Å². The van der Waals surface area contributed by atoms with Crippen LogP contribution in [0.2, 0.25) is 16.6 Å². The lowest BCUT2D eigenvalue weighted by molar-refractivity contribution is -0.140. The topological polar surface area (TPSA) is 35.5 Å². The minimum absolute atomic E-state index is 0.147. The third-order valence-electron chi connectivity index (χ3n) is 4.55. The minimum Gasteiger partial charge on any atom is -0.543 e. The van der Waals surface area contributed by atoms with Crippen molar-refractivity contribution in [3.05, 3.63) is 24.0 Å². The molecule has 0 spiro atoms. The van der Waals surface area contributed by atoms with Gasteiger partial charge in [0.25, 0.3) is 8.32 Å². The van der Waals surface area contributed by atoms with Gasteiger partial charge in [0.05, 0.1) is 12.9 Å². The molecule has 0 rings (SSSR count). The first kappa shape index (κ1) is 22.0. The van der Waals surface area contributed by atoms with Crippen molar-refractivity contribution in [3.63, 3.8) is 0 Å². The van der Waals surface area contributed by atoms with Gasteiger partial charge in [0, 0.05) is 6.42 Å². The maximum Gasteiger partial charge on any atom is 0.305 e. The van der Waals surface area contributed by atoms with Gasteiger partial charge in [0.15, 0.2) is 0 Å². The minimum atomic E-state index is -1.90. The molecule has 0 aliphatic carbocycles. The fourth-order valence-electron chi connectivity index (χ4n) is 3.41. The molecule has 0 amide bonds. The van der Waals surface area contributed by atoms with Crippen LogP contribution in [0.4, 0.5) is 0 Å². The third-order valence-corrected chi connectivity index (χ3v) is 10.6. The molecule has 3 nitrogen and oxygen atoms in total. The molecule has 0 unspecified atom stereocenters. The van der Waals surface area contributed by atoms with Gasteiger partial charge >= 0.3 is 5.97 Å². The third kappa shape index (κ3) is 6.54. The van der Waals surface area contributed by atoms with E-state index in [0.717, 1.165) is 18.6 Å². The highest BCUT2D eigenvalue weighted by Gasteiger charge is 2.47. The maximum atomic E-state index is 11.1. The zero-order valence-corrected chi connectivity index (χ0v) is 17.3. The Morgan fingerprint density at radius 3 is 1.96 bits per heavy atom. The van der Waals surface area contributed by atoms with Crippen LogP contribution in [-0.4, -0.2) is 21.4 Å². The first-order valence-electron chi connectivity index (χ1n) is 8.80. The highest BCUT2D eigenvalue weighted by molar-refractivity contribution is 6.77. The smallest absolute Gasteiger partial charge is 0.305 e. The van der Waals surface area contributed by atoms with Crippen molar-refractivity contribution in [1.29, 1.82) is 0 Å². The highest BCUT2D eigenvalue weighted by atomic mass is 28.4. The standard InChI is InChI=1S/C19H36O3Si/c1-9-18(13-11-10-12-14-19(20)21-8)22-23(15(2)3,16(4)5)17(6)7/h9,11,13,15-17H,10,12,14H2,1-8H3/b13-11+,18-9-. The highest BCUT2D eigenvalue weighted by Crippen LogP contribution is 2.43. The molecule has 134 valence electrons. The summed E-state index contributed by atoms with van der Waals surface area (Å²) < 4.78 is 11.3. The van der Waals surface area contributed by atoms with E-state index in [1.807, 2.05) is 13.0 Å². The second-order valence-corrected chi connectivity index (χ2v) is 12.4. The Bertz CT molecular complexity index is 387. The van der Waals surface area contributed by atoms with E-state index < -0.39 is 8.32 Å². The molecule has 0 N–H and O–H groups in total. The van der Waals surface area contributed by atoms with Gasteiger partial charge in [-0.25, -0.2) is 0 Å². The van der Waals surface area contributed by atoms with Crippen LogP contribution in [0.1, 0.15) is 67.7 Å². The summed E-state index contributed by atoms with van der Waals surface area (Å²) in [5.74, 6) is 0.817. The summed E-state index contributed by atoms with van der Waals surface area (Å²) in [5.41, 5.74) is 1.68. The van der Waals surface area contributed by atoms with Gasteiger partial charge in [0.1, 0.15) is 0 Å². The van der Waals surface area contributed by atoms with E-state index in [4.69, 9.17) is 4.43 Å². The lowest BCUT2D eigenvalue weighted by atomic mass is 10.2. The summed E-state index contributed by atoms with van der Waals surface area (Å²) in [4.78, 5) is 11.1. The lowest BCUT2D eigenvalue weighted by Crippen LogP contribution is -2.47. The molecular formula is C19H36O3Si. The molecule has 0 aromatic heterocycles. The normalized spacial score (nSPS) is 13.4. The number of esters is 1. The summed E-state index contributed by atoms with van der Waals surface area (Å²) in [6.07, 6.45) is 8.34. The molecule has 0 atom stereocenters. The Morgan fingerprint density at radius 1 is 1.04 bits per heavy atom. The second kappa shape index (κ2) is 10.7. The lowest BCUT2D eigenvalue weighted by Gasteiger charge is -2.42.